The van der Waals surface area contributed by atoms with Crippen molar-refractivity contribution < 1.29 is 13.2 Å². The number of halogens is 4. The van der Waals surface area contributed by atoms with E-state index >= 15 is 0 Å². The summed E-state index contributed by atoms with van der Waals surface area (Å²) in [6.45, 7) is 0. The fourth-order valence-electron chi connectivity index (χ4n) is 0.813. The molecule has 0 aromatic heterocycles. The minimum absolute atomic E-state index is 0.287. The third-order valence-electron chi connectivity index (χ3n) is 1.33. The Morgan fingerprint density at radius 1 is 1.17 bits per heavy atom. The molecule has 2 radical (unpaired) electrons. The maximum absolute atomic E-state index is 12.2. The third-order valence-corrected chi connectivity index (χ3v) is 4.53. The van der Waals surface area contributed by atoms with Crippen LogP contribution in [0.4, 0.5) is 13.2 Å². The number of benzene rings is 1. The van der Waals surface area contributed by atoms with E-state index in [1.807, 2.05) is 0 Å². The fraction of sp³-hybridized carbons (Fsp3) is 0.143. The van der Waals surface area contributed by atoms with Gasteiger partial charge in [0.15, 0.2) is 0 Å². The van der Waals surface area contributed by atoms with Crippen molar-refractivity contribution >= 4 is 32.5 Å². The molecule has 1 rings (SSSR count). The Morgan fingerprint density at radius 2 is 1.75 bits per heavy atom. The molecule has 0 atom stereocenters. The van der Waals surface area contributed by atoms with Gasteiger partial charge in [-0.2, -0.15) is 0 Å². The Labute approximate surface area is 81.7 Å². The normalized spacial score (nSPS) is 11.7. The van der Waals surface area contributed by atoms with Crippen molar-refractivity contribution in [3.05, 3.63) is 29.8 Å². The zero-order valence-electron chi connectivity index (χ0n) is 5.82. The van der Waals surface area contributed by atoms with E-state index in [0.717, 1.165) is 6.07 Å². The second-order valence-corrected chi connectivity index (χ2v) is 5.48. The van der Waals surface area contributed by atoms with Gasteiger partial charge in [0.1, 0.15) is 0 Å². The van der Waals surface area contributed by atoms with Crippen LogP contribution in [-0.4, -0.2) is 20.0 Å². The Hall–Kier alpha value is 0.0987. The Morgan fingerprint density at radius 3 is 2.17 bits per heavy atom. The molecule has 1 aromatic rings. The standard InChI is InChI=1S/C7H4F3.ClH.Sn/c8-7(9,10)6-4-2-1-3-5-6;;/h1-4H;1H;/q;;+1/p-1. The fourth-order valence-corrected chi connectivity index (χ4v) is 3.31. The summed E-state index contributed by atoms with van der Waals surface area (Å²) in [5, 5.41) is 0. The molecule has 0 unspecified atom stereocenters. The number of hydrogen-bond donors (Lipinski definition) is 0. The molecule has 0 fully saturated rings. The van der Waals surface area contributed by atoms with Gasteiger partial charge >= 0.3 is 81.7 Å². The molecule has 0 aliphatic heterocycles. The van der Waals surface area contributed by atoms with Crippen LogP contribution >= 0.6 is 8.92 Å². The van der Waals surface area contributed by atoms with Crippen LogP contribution in [0.25, 0.3) is 0 Å². The van der Waals surface area contributed by atoms with Crippen molar-refractivity contribution in [3.63, 3.8) is 0 Å². The predicted octanol–water partition coefficient (Wildman–Crippen LogP) is 2.19. The number of alkyl halides is 3. The molecule has 0 spiro atoms. The van der Waals surface area contributed by atoms with Crippen molar-refractivity contribution in [1.82, 2.24) is 0 Å². The molecule has 0 N–H and O–H groups in total. The summed E-state index contributed by atoms with van der Waals surface area (Å²) in [5.41, 5.74) is -0.577. The molecular formula is C7H4ClF3Sn. The molecular weight excluding hydrogens is 295 g/mol. The molecule has 0 heterocycles. The second kappa shape index (κ2) is 3.87. The topological polar surface area (TPSA) is 0 Å². The van der Waals surface area contributed by atoms with Gasteiger partial charge in [-0.05, 0) is 0 Å². The molecule has 1 aromatic carbocycles. The van der Waals surface area contributed by atoms with E-state index in [0.29, 0.717) is 0 Å². The summed E-state index contributed by atoms with van der Waals surface area (Å²) in [4.78, 5) is 0. The van der Waals surface area contributed by atoms with Crippen LogP contribution in [-0.2, 0) is 6.18 Å². The quantitative estimate of drug-likeness (QED) is 0.697. The van der Waals surface area contributed by atoms with E-state index in [9.17, 15) is 13.2 Å². The zero-order valence-corrected chi connectivity index (χ0v) is 9.43. The first kappa shape index (κ1) is 10.2. The van der Waals surface area contributed by atoms with Gasteiger partial charge in [-0.15, -0.1) is 0 Å². The average molecular weight is 299 g/mol. The van der Waals surface area contributed by atoms with Gasteiger partial charge in [-0.1, -0.05) is 0 Å². The summed E-state index contributed by atoms with van der Waals surface area (Å²) < 4.78 is 36.9. The molecule has 64 valence electrons. The van der Waals surface area contributed by atoms with Gasteiger partial charge in [0.2, 0.25) is 0 Å². The molecule has 0 saturated heterocycles. The summed E-state index contributed by atoms with van der Waals surface area (Å²) >= 11 is -1.52. The van der Waals surface area contributed by atoms with Crippen LogP contribution in [0.1, 0.15) is 5.56 Å². The maximum atomic E-state index is 12.2. The first-order chi connectivity index (χ1) is 5.55. The third kappa shape index (κ3) is 2.29. The van der Waals surface area contributed by atoms with Crippen LogP contribution in [0, 0.1) is 0 Å². The second-order valence-electron chi connectivity index (χ2n) is 2.14. The van der Waals surface area contributed by atoms with Crippen molar-refractivity contribution in [2.75, 3.05) is 0 Å². The van der Waals surface area contributed by atoms with E-state index in [1.165, 1.54) is 12.1 Å². The summed E-state index contributed by atoms with van der Waals surface area (Å²) in [6.07, 6.45) is -4.26. The average Bonchev–Trinajstić information content (AvgIpc) is 2.03. The van der Waals surface area contributed by atoms with E-state index in [2.05, 4.69) is 0 Å². The zero-order chi connectivity index (χ0) is 9.19. The molecule has 0 aliphatic rings. The minimum atomic E-state index is -4.26. The van der Waals surface area contributed by atoms with E-state index in [4.69, 9.17) is 8.92 Å². The van der Waals surface area contributed by atoms with Crippen LogP contribution in [0.15, 0.2) is 24.3 Å². The molecule has 0 bridgehead atoms. The molecule has 0 amide bonds. The van der Waals surface area contributed by atoms with Gasteiger partial charge in [-0.3, -0.25) is 0 Å². The molecule has 0 saturated carbocycles. The number of rotatable bonds is 1. The van der Waals surface area contributed by atoms with Gasteiger partial charge in [-0.25, -0.2) is 0 Å². The Kier molecular flexibility index (Phi) is 3.28. The predicted molar refractivity (Wildman–Crippen MR) is 42.7 cm³/mol. The first-order valence-electron chi connectivity index (χ1n) is 3.08. The van der Waals surface area contributed by atoms with E-state index in [-0.39, 0.29) is 3.58 Å². The van der Waals surface area contributed by atoms with Gasteiger partial charge in [0, 0.05) is 0 Å². The molecule has 0 aliphatic carbocycles. The SMILES string of the molecule is FC(F)(F)c1cccc[c]1[Sn][Cl]. The van der Waals surface area contributed by atoms with Crippen molar-refractivity contribution in [1.29, 1.82) is 0 Å². The number of hydrogen-bond acceptors (Lipinski definition) is 0. The van der Waals surface area contributed by atoms with Gasteiger partial charge in [0.25, 0.3) is 0 Å². The van der Waals surface area contributed by atoms with Gasteiger partial charge < -0.3 is 0 Å². The van der Waals surface area contributed by atoms with Crippen LogP contribution in [0.3, 0.4) is 0 Å². The van der Waals surface area contributed by atoms with Crippen LogP contribution in [0.5, 0.6) is 0 Å². The summed E-state index contributed by atoms with van der Waals surface area (Å²) in [5.74, 6) is 0. The monoisotopic (exact) mass is 300 g/mol. The van der Waals surface area contributed by atoms with Crippen molar-refractivity contribution in [3.8, 4) is 0 Å². The molecule has 0 nitrogen and oxygen atoms in total. The van der Waals surface area contributed by atoms with Crippen molar-refractivity contribution in [2.45, 2.75) is 6.18 Å². The molecule has 12 heavy (non-hydrogen) atoms. The van der Waals surface area contributed by atoms with E-state index in [1.54, 1.807) is 6.07 Å². The summed E-state index contributed by atoms with van der Waals surface area (Å²) in [6, 6.07) is 5.46. The summed E-state index contributed by atoms with van der Waals surface area (Å²) in [7, 11) is 5.51. The van der Waals surface area contributed by atoms with Crippen LogP contribution in [0.2, 0.25) is 0 Å². The molecule has 5 heteroatoms. The Bertz CT molecular complexity index is 272. The first-order valence-corrected chi connectivity index (χ1v) is 8.12. The Balaban J connectivity index is 3.14. The van der Waals surface area contributed by atoms with E-state index < -0.39 is 31.8 Å². The van der Waals surface area contributed by atoms with Crippen molar-refractivity contribution in [2.24, 2.45) is 0 Å². The van der Waals surface area contributed by atoms with Crippen LogP contribution < -0.4 is 3.58 Å². The van der Waals surface area contributed by atoms with Gasteiger partial charge in [0.05, 0.1) is 0 Å².